The molecule has 1 aliphatic carbocycles. The Balaban J connectivity index is 0.00000150. The van der Waals surface area contributed by atoms with Gasteiger partial charge in [-0.1, -0.05) is 12.1 Å². The lowest BCUT2D eigenvalue weighted by molar-refractivity contribution is 0.259. The van der Waals surface area contributed by atoms with E-state index in [1.54, 1.807) is 7.11 Å². The van der Waals surface area contributed by atoms with Crippen LogP contribution in [-0.2, 0) is 19.3 Å². The first-order valence-electron chi connectivity index (χ1n) is 9.96. The molecule has 4 rings (SSSR count). The molecule has 1 aromatic heterocycles. The third kappa shape index (κ3) is 5.24. The van der Waals surface area contributed by atoms with Gasteiger partial charge < -0.3 is 9.64 Å². The maximum absolute atomic E-state index is 12.0. The molecular formula is C21H30Cl2N4O2. The maximum atomic E-state index is 12.0. The molecule has 0 atom stereocenters. The van der Waals surface area contributed by atoms with Gasteiger partial charge in [-0.3, -0.25) is 9.69 Å². The van der Waals surface area contributed by atoms with Crippen molar-refractivity contribution < 1.29 is 4.74 Å². The SMILES string of the molecule is COc1ccccc1N1CCN(CCc2n[nH]c(=O)c3c2CCCC3)CC1.Cl.Cl. The second-order valence-corrected chi connectivity index (χ2v) is 7.41. The van der Waals surface area contributed by atoms with Crippen LogP contribution >= 0.6 is 24.8 Å². The number of anilines is 1. The number of benzene rings is 1. The van der Waals surface area contributed by atoms with Crippen LogP contribution in [0.3, 0.4) is 0 Å². The molecule has 1 aromatic carbocycles. The molecule has 0 amide bonds. The van der Waals surface area contributed by atoms with E-state index in [-0.39, 0.29) is 30.4 Å². The minimum absolute atomic E-state index is 0. The summed E-state index contributed by atoms with van der Waals surface area (Å²) < 4.78 is 5.50. The van der Waals surface area contributed by atoms with Gasteiger partial charge in [-0.25, -0.2) is 5.10 Å². The zero-order valence-electron chi connectivity index (χ0n) is 16.9. The number of rotatable bonds is 5. The van der Waals surface area contributed by atoms with Crippen LogP contribution < -0.4 is 15.2 Å². The number of hydrogen-bond donors (Lipinski definition) is 1. The van der Waals surface area contributed by atoms with E-state index in [0.29, 0.717) is 0 Å². The van der Waals surface area contributed by atoms with Crippen molar-refractivity contribution in [2.24, 2.45) is 0 Å². The first kappa shape index (κ1) is 23.5. The minimum atomic E-state index is 0. The Bertz CT molecular complexity index is 851. The molecule has 2 heterocycles. The van der Waals surface area contributed by atoms with Crippen LogP contribution in [0.15, 0.2) is 29.1 Å². The lowest BCUT2D eigenvalue weighted by Gasteiger charge is -2.36. The number of ether oxygens (including phenoxy) is 1. The first-order chi connectivity index (χ1) is 13.3. The standard InChI is InChI=1S/C21H28N4O2.2ClH/c1-27-20-9-5-4-8-19(20)25-14-12-24(13-15-25)11-10-18-16-6-2-3-7-17(16)21(26)23-22-18;;/h4-5,8-9H,2-3,6-7,10-15H2,1H3,(H,23,26);2*1H. The lowest BCUT2D eigenvalue weighted by atomic mass is 9.91. The highest BCUT2D eigenvalue weighted by molar-refractivity contribution is 5.85. The molecule has 0 spiro atoms. The lowest BCUT2D eigenvalue weighted by Crippen LogP contribution is -2.47. The fourth-order valence-electron chi connectivity index (χ4n) is 4.30. The number of piperazine rings is 1. The number of aromatic nitrogens is 2. The number of halogens is 2. The van der Waals surface area contributed by atoms with Crippen LogP contribution in [0, 0.1) is 0 Å². The second kappa shape index (κ2) is 10.9. The minimum Gasteiger partial charge on any atom is -0.495 e. The van der Waals surface area contributed by atoms with E-state index in [1.165, 1.54) is 17.7 Å². The Kier molecular flexibility index (Phi) is 8.80. The van der Waals surface area contributed by atoms with Gasteiger partial charge in [0.05, 0.1) is 18.5 Å². The Morgan fingerprint density at radius 3 is 2.45 bits per heavy atom. The molecule has 2 aliphatic rings. The largest absolute Gasteiger partial charge is 0.495 e. The number of aromatic amines is 1. The molecule has 2 aromatic rings. The van der Waals surface area contributed by atoms with E-state index in [2.05, 4.69) is 32.1 Å². The highest BCUT2D eigenvalue weighted by Crippen LogP contribution is 2.28. The summed E-state index contributed by atoms with van der Waals surface area (Å²) >= 11 is 0. The molecule has 6 nitrogen and oxygen atoms in total. The predicted octanol–water partition coefficient (Wildman–Crippen LogP) is 2.87. The van der Waals surface area contributed by atoms with Gasteiger partial charge >= 0.3 is 0 Å². The molecule has 0 saturated carbocycles. The van der Waals surface area contributed by atoms with Crippen LogP contribution in [0.5, 0.6) is 5.75 Å². The molecule has 1 aliphatic heterocycles. The van der Waals surface area contributed by atoms with E-state index >= 15 is 0 Å². The maximum Gasteiger partial charge on any atom is 0.267 e. The van der Waals surface area contributed by atoms with Crippen molar-refractivity contribution in [3.63, 3.8) is 0 Å². The molecule has 1 saturated heterocycles. The van der Waals surface area contributed by atoms with E-state index in [4.69, 9.17) is 4.74 Å². The summed E-state index contributed by atoms with van der Waals surface area (Å²) in [5.41, 5.74) is 4.48. The van der Waals surface area contributed by atoms with Gasteiger partial charge in [0.2, 0.25) is 0 Å². The number of nitrogens with one attached hydrogen (secondary N) is 1. The molecule has 160 valence electrons. The quantitative estimate of drug-likeness (QED) is 0.774. The Morgan fingerprint density at radius 1 is 1.03 bits per heavy atom. The fourth-order valence-corrected chi connectivity index (χ4v) is 4.30. The third-order valence-corrected chi connectivity index (χ3v) is 5.85. The van der Waals surface area contributed by atoms with Crippen molar-refractivity contribution in [2.45, 2.75) is 32.1 Å². The Labute approximate surface area is 184 Å². The normalized spacial score (nSPS) is 16.4. The number of nitrogens with zero attached hydrogens (tertiary/aromatic N) is 3. The van der Waals surface area contributed by atoms with Crippen LogP contribution in [0.4, 0.5) is 5.69 Å². The van der Waals surface area contributed by atoms with Crippen molar-refractivity contribution in [3.05, 3.63) is 51.4 Å². The molecule has 0 radical (unpaired) electrons. The fraction of sp³-hybridized carbons (Fsp3) is 0.524. The van der Waals surface area contributed by atoms with Crippen LogP contribution in [0.25, 0.3) is 0 Å². The van der Waals surface area contributed by atoms with E-state index in [0.717, 1.165) is 75.4 Å². The number of methoxy groups -OCH3 is 1. The zero-order chi connectivity index (χ0) is 18.6. The Morgan fingerprint density at radius 2 is 1.72 bits per heavy atom. The monoisotopic (exact) mass is 440 g/mol. The third-order valence-electron chi connectivity index (χ3n) is 5.85. The van der Waals surface area contributed by atoms with Gasteiger partial charge in [0.1, 0.15) is 5.75 Å². The van der Waals surface area contributed by atoms with Crippen molar-refractivity contribution in [1.29, 1.82) is 0 Å². The number of hydrogen-bond acceptors (Lipinski definition) is 5. The smallest absolute Gasteiger partial charge is 0.267 e. The average Bonchev–Trinajstić information content (AvgIpc) is 2.74. The van der Waals surface area contributed by atoms with Gasteiger partial charge in [-0.15, -0.1) is 24.8 Å². The molecule has 1 fully saturated rings. The summed E-state index contributed by atoms with van der Waals surface area (Å²) in [7, 11) is 1.73. The van der Waals surface area contributed by atoms with Crippen molar-refractivity contribution in [2.75, 3.05) is 44.7 Å². The molecule has 0 unspecified atom stereocenters. The second-order valence-electron chi connectivity index (χ2n) is 7.41. The summed E-state index contributed by atoms with van der Waals surface area (Å²) in [5, 5.41) is 7.08. The van der Waals surface area contributed by atoms with Crippen LogP contribution in [0.1, 0.15) is 29.7 Å². The number of fused-ring (bicyclic) bond motifs is 1. The summed E-state index contributed by atoms with van der Waals surface area (Å²) in [4.78, 5) is 16.9. The van der Waals surface area contributed by atoms with Gasteiger partial charge in [-0.2, -0.15) is 5.10 Å². The van der Waals surface area contributed by atoms with Gasteiger partial charge in [-0.05, 0) is 43.4 Å². The number of para-hydroxylation sites is 2. The van der Waals surface area contributed by atoms with Gasteiger partial charge in [0, 0.05) is 44.7 Å². The van der Waals surface area contributed by atoms with Gasteiger partial charge in [0.15, 0.2) is 0 Å². The number of H-pyrrole nitrogens is 1. The molecule has 1 N–H and O–H groups in total. The molecular weight excluding hydrogens is 411 g/mol. The molecule has 29 heavy (non-hydrogen) atoms. The summed E-state index contributed by atoms with van der Waals surface area (Å²) in [6.45, 7) is 5.05. The van der Waals surface area contributed by atoms with E-state index in [1.807, 2.05) is 12.1 Å². The van der Waals surface area contributed by atoms with Gasteiger partial charge in [0.25, 0.3) is 5.56 Å². The first-order valence-corrected chi connectivity index (χ1v) is 9.96. The average molecular weight is 441 g/mol. The van der Waals surface area contributed by atoms with Crippen LogP contribution in [-0.4, -0.2) is 54.9 Å². The summed E-state index contributed by atoms with van der Waals surface area (Å²) in [5.74, 6) is 0.940. The summed E-state index contributed by atoms with van der Waals surface area (Å²) in [6, 6.07) is 8.23. The predicted molar refractivity (Wildman–Crippen MR) is 121 cm³/mol. The van der Waals surface area contributed by atoms with Crippen molar-refractivity contribution in [3.8, 4) is 5.75 Å². The van der Waals surface area contributed by atoms with Crippen molar-refractivity contribution in [1.82, 2.24) is 15.1 Å². The molecule has 8 heteroatoms. The Hall–Kier alpha value is -1.76. The zero-order valence-corrected chi connectivity index (χ0v) is 18.5. The topological polar surface area (TPSA) is 61.5 Å². The van der Waals surface area contributed by atoms with Crippen molar-refractivity contribution >= 4 is 30.5 Å². The summed E-state index contributed by atoms with van der Waals surface area (Å²) in [6.07, 6.45) is 5.10. The highest BCUT2D eigenvalue weighted by Gasteiger charge is 2.21. The van der Waals surface area contributed by atoms with E-state index < -0.39 is 0 Å². The molecule has 0 bridgehead atoms. The van der Waals surface area contributed by atoms with E-state index in [9.17, 15) is 4.79 Å². The van der Waals surface area contributed by atoms with Crippen LogP contribution in [0.2, 0.25) is 0 Å². The highest BCUT2D eigenvalue weighted by atomic mass is 35.5.